The number of nitrogens with zero attached hydrogens (tertiary/aromatic N) is 1. The smallest absolute Gasteiger partial charge is 0.372 e. The molecule has 19 heavy (non-hydrogen) atoms. The van der Waals surface area contributed by atoms with E-state index in [1.807, 2.05) is 11.8 Å². The molecule has 0 spiro atoms. The van der Waals surface area contributed by atoms with Crippen LogP contribution in [0.25, 0.3) is 0 Å². The fourth-order valence-corrected chi connectivity index (χ4v) is 3.07. The van der Waals surface area contributed by atoms with Gasteiger partial charge in [-0.25, -0.2) is 0 Å². The molecule has 0 aromatic heterocycles. The SMILES string of the molecule is CC1CC2CNCC2N1C(=O)CCOCC(F)(F)F. The predicted molar refractivity (Wildman–Crippen MR) is 62.6 cm³/mol. The van der Waals surface area contributed by atoms with Gasteiger partial charge < -0.3 is 15.0 Å². The van der Waals surface area contributed by atoms with Crippen LogP contribution in [0.2, 0.25) is 0 Å². The number of amides is 1. The van der Waals surface area contributed by atoms with Crippen molar-refractivity contribution in [1.29, 1.82) is 0 Å². The summed E-state index contributed by atoms with van der Waals surface area (Å²) in [4.78, 5) is 13.9. The maximum atomic E-state index is 12.1. The summed E-state index contributed by atoms with van der Waals surface area (Å²) in [5.41, 5.74) is 0. The van der Waals surface area contributed by atoms with E-state index in [4.69, 9.17) is 0 Å². The van der Waals surface area contributed by atoms with E-state index >= 15 is 0 Å². The van der Waals surface area contributed by atoms with Gasteiger partial charge in [-0.2, -0.15) is 13.2 Å². The summed E-state index contributed by atoms with van der Waals surface area (Å²) in [7, 11) is 0. The van der Waals surface area contributed by atoms with Gasteiger partial charge in [0, 0.05) is 25.2 Å². The number of ether oxygens (including phenoxy) is 1. The van der Waals surface area contributed by atoms with Crippen LogP contribution in [0.4, 0.5) is 13.2 Å². The molecule has 7 heteroatoms. The lowest BCUT2D eigenvalue weighted by atomic mass is 10.0. The Morgan fingerprint density at radius 1 is 1.42 bits per heavy atom. The van der Waals surface area contributed by atoms with E-state index in [2.05, 4.69) is 10.1 Å². The van der Waals surface area contributed by atoms with E-state index in [9.17, 15) is 18.0 Å². The number of likely N-dealkylation sites (tertiary alicyclic amines) is 1. The van der Waals surface area contributed by atoms with Gasteiger partial charge in [0.2, 0.25) is 5.91 Å². The zero-order valence-corrected chi connectivity index (χ0v) is 10.9. The van der Waals surface area contributed by atoms with Gasteiger partial charge in [0.1, 0.15) is 6.61 Å². The number of halogens is 3. The molecule has 2 fully saturated rings. The molecule has 2 saturated heterocycles. The van der Waals surface area contributed by atoms with Crippen molar-refractivity contribution in [3.63, 3.8) is 0 Å². The number of carbonyl (C=O) groups excluding carboxylic acids is 1. The van der Waals surface area contributed by atoms with Crippen molar-refractivity contribution in [2.24, 2.45) is 5.92 Å². The average Bonchev–Trinajstić information content (AvgIpc) is 2.82. The first-order valence-electron chi connectivity index (χ1n) is 6.55. The fraction of sp³-hybridized carbons (Fsp3) is 0.917. The standard InChI is InChI=1S/C12H19F3N2O2/c1-8-4-9-5-16-6-10(9)17(8)11(18)2-3-19-7-12(13,14)15/h8-10,16H,2-7H2,1H3. The van der Waals surface area contributed by atoms with Gasteiger partial charge in [0.15, 0.2) is 0 Å². The minimum atomic E-state index is -4.33. The van der Waals surface area contributed by atoms with Gasteiger partial charge in [0.05, 0.1) is 13.0 Å². The first-order valence-corrected chi connectivity index (χ1v) is 6.55. The third kappa shape index (κ3) is 3.60. The Hall–Kier alpha value is -0.820. The summed E-state index contributed by atoms with van der Waals surface area (Å²) < 4.78 is 40.2. The second kappa shape index (κ2) is 5.66. The van der Waals surface area contributed by atoms with Crippen molar-refractivity contribution < 1.29 is 22.7 Å². The first kappa shape index (κ1) is 14.6. The number of hydrogen-bond acceptors (Lipinski definition) is 3. The summed E-state index contributed by atoms with van der Waals surface area (Å²) in [5, 5.41) is 3.24. The van der Waals surface area contributed by atoms with E-state index in [1.165, 1.54) is 0 Å². The molecule has 2 aliphatic rings. The van der Waals surface area contributed by atoms with Crippen LogP contribution in [-0.4, -0.2) is 55.4 Å². The highest BCUT2D eigenvalue weighted by atomic mass is 19.4. The van der Waals surface area contributed by atoms with E-state index < -0.39 is 12.8 Å². The third-order valence-corrected chi connectivity index (χ3v) is 3.79. The van der Waals surface area contributed by atoms with Gasteiger partial charge >= 0.3 is 6.18 Å². The molecule has 0 bridgehead atoms. The maximum Gasteiger partial charge on any atom is 0.411 e. The second-order valence-corrected chi connectivity index (χ2v) is 5.29. The monoisotopic (exact) mass is 280 g/mol. The molecule has 2 heterocycles. The molecule has 4 nitrogen and oxygen atoms in total. The minimum absolute atomic E-state index is 0.0175. The summed E-state index contributed by atoms with van der Waals surface area (Å²) in [6, 6.07) is 0.373. The Morgan fingerprint density at radius 3 is 2.84 bits per heavy atom. The molecule has 0 aliphatic carbocycles. The molecule has 2 rings (SSSR count). The topological polar surface area (TPSA) is 41.6 Å². The van der Waals surface area contributed by atoms with Crippen LogP contribution in [0.1, 0.15) is 19.8 Å². The molecule has 0 aromatic rings. The Kier molecular flexibility index (Phi) is 4.35. The highest BCUT2D eigenvalue weighted by Crippen LogP contribution is 2.32. The molecule has 0 saturated carbocycles. The molecular formula is C12H19F3N2O2. The maximum absolute atomic E-state index is 12.1. The Bertz CT molecular complexity index is 335. The van der Waals surface area contributed by atoms with Gasteiger partial charge in [-0.15, -0.1) is 0 Å². The number of carbonyl (C=O) groups is 1. The summed E-state index contributed by atoms with van der Waals surface area (Å²) in [5.74, 6) is 0.376. The summed E-state index contributed by atoms with van der Waals surface area (Å²) in [6.45, 7) is 2.23. The largest absolute Gasteiger partial charge is 0.411 e. The molecular weight excluding hydrogens is 261 g/mol. The van der Waals surface area contributed by atoms with E-state index in [0.29, 0.717) is 5.92 Å². The Morgan fingerprint density at radius 2 is 2.16 bits per heavy atom. The first-order chi connectivity index (χ1) is 8.88. The molecule has 110 valence electrons. The van der Waals surface area contributed by atoms with Gasteiger partial charge in [-0.05, 0) is 19.3 Å². The van der Waals surface area contributed by atoms with Crippen LogP contribution < -0.4 is 5.32 Å². The molecule has 0 aromatic carbocycles. The van der Waals surface area contributed by atoms with Crippen LogP contribution in [0.15, 0.2) is 0 Å². The lowest BCUT2D eigenvalue weighted by Crippen LogP contribution is -2.43. The van der Waals surface area contributed by atoms with E-state index in [0.717, 1.165) is 19.5 Å². The molecule has 0 radical (unpaired) electrons. The lowest BCUT2D eigenvalue weighted by Gasteiger charge is -2.27. The third-order valence-electron chi connectivity index (χ3n) is 3.79. The average molecular weight is 280 g/mol. The van der Waals surface area contributed by atoms with Gasteiger partial charge in [-0.1, -0.05) is 0 Å². The van der Waals surface area contributed by atoms with Crippen LogP contribution in [0, 0.1) is 5.92 Å². The molecule has 3 atom stereocenters. The zero-order valence-electron chi connectivity index (χ0n) is 10.9. The Balaban J connectivity index is 1.76. The van der Waals surface area contributed by atoms with E-state index in [-0.39, 0.29) is 31.0 Å². The quantitative estimate of drug-likeness (QED) is 0.786. The number of alkyl halides is 3. The molecule has 1 N–H and O–H groups in total. The number of fused-ring (bicyclic) bond motifs is 1. The van der Waals surface area contributed by atoms with Crippen molar-refractivity contribution in [3.8, 4) is 0 Å². The van der Waals surface area contributed by atoms with Crippen LogP contribution in [0.3, 0.4) is 0 Å². The number of rotatable bonds is 4. The lowest BCUT2D eigenvalue weighted by molar-refractivity contribution is -0.175. The van der Waals surface area contributed by atoms with Crippen LogP contribution >= 0.6 is 0 Å². The van der Waals surface area contributed by atoms with Crippen molar-refractivity contribution in [2.75, 3.05) is 26.3 Å². The van der Waals surface area contributed by atoms with Gasteiger partial charge in [0.25, 0.3) is 0 Å². The summed E-state index contributed by atoms with van der Waals surface area (Å²) >= 11 is 0. The van der Waals surface area contributed by atoms with Gasteiger partial charge in [-0.3, -0.25) is 4.79 Å². The minimum Gasteiger partial charge on any atom is -0.372 e. The number of hydrogen-bond donors (Lipinski definition) is 1. The number of nitrogens with one attached hydrogen (secondary N) is 1. The Labute approximate surface area is 110 Å². The highest BCUT2D eigenvalue weighted by Gasteiger charge is 2.43. The van der Waals surface area contributed by atoms with Crippen LogP contribution in [-0.2, 0) is 9.53 Å². The van der Waals surface area contributed by atoms with Crippen molar-refractivity contribution in [3.05, 3.63) is 0 Å². The van der Waals surface area contributed by atoms with Crippen molar-refractivity contribution >= 4 is 5.91 Å². The molecule has 3 unspecified atom stereocenters. The fourth-order valence-electron chi connectivity index (χ4n) is 3.07. The van der Waals surface area contributed by atoms with Crippen LogP contribution in [0.5, 0.6) is 0 Å². The normalized spacial score (nSPS) is 30.7. The highest BCUT2D eigenvalue weighted by molar-refractivity contribution is 5.77. The second-order valence-electron chi connectivity index (χ2n) is 5.29. The van der Waals surface area contributed by atoms with Crippen molar-refractivity contribution in [1.82, 2.24) is 10.2 Å². The summed E-state index contributed by atoms with van der Waals surface area (Å²) in [6.07, 6.45) is -3.35. The molecule has 1 amide bonds. The van der Waals surface area contributed by atoms with Crippen molar-refractivity contribution in [2.45, 2.75) is 38.0 Å². The van der Waals surface area contributed by atoms with E-state index in [1.54, 1.807) is 0 Å². The zero-order chi connectivity index (χ0) is 14.0. The predicted octanol–water partition coefficient (Wildman–Crippen LogP) is 1.16. The molecule has 2 aliphatic heterocycles.